The molecule has 1 aromatic heterocycles. The van der Waals surface area contributed by atoms with Gasteiger partial charge < -0.3 is 10.0 Å². The summed E-state index contributed by atoms with van der Waals surface area (Å²) in [5.41, 5.74) is 0.124. The van der Waals surface area contributed by atoms with Crippen molar-refractivity contribution in [3.05, 3.63) is 22.8 Å². The van der Waals surface area contributed by atoms with E-state index in [9.17, 15) is 4.79 Å². The van der Waals surface area contributed by atoms with Crippen LogP contribution in [0.3, 0.4) is 0 Å². The van der Waals surface area contributed by atoms with Gasteiger partial charge >= 0.3 is 5.97 Å². The van der Waals surface area contributed by atoms with Gasteiger partial charge in [0, 0.05) is 19.3 Å². The number of aromatic nitrogens is 1. The van der Waals surface area contributed by atoms with Crippen molar-refractivity contribution in [1.82, 2.24) is 4.98 Å². The van der Waals surface area contributed by atoms with Gasteiger partial charge in [0.25, 0.3) is 0 Å². The van der Waals surface area contributed by atoms with E-state index in [0.717, 1.165) is 31.8 Å². The molecule has 2 rings (SSSR count). The molecule has 98 valence electrons. The number of nitrogens with zero attached hydrogens (tertiary/aromatic N) is 2. The summed E-state index contributed by atoms with van der Waals surface area (Å²) in [4.78, 5) is 17.4. The molecule has 1 aliphatic rings. The molecule has 4 nitrogen and oxygen atoms in total. The number of carbonyl (C=O) groups is 1. The third-order valence-electron chi connectivity index (χ3n) is 3.59. The monoisotopic (exact) mass is 268 g/mol. The standard InChI is InChI=1S/C13H17ClN2O2/c1-2-9-3-5-16(6-4-9)12-7-10(13(17)18)11(14)8-15-12/h7-9H,2-6H2,1H3,(H,17,18). The Morgan fingerprint density at radius 3 is 2.78 bits per heavy atom. The Kier molecular flexibility index (Phi) is 4.07. The Hall–Kier alpha value is -1.29. The summed E-state index contributed by atoms with van der Waals surface area (Å²) in [6.45, 7) is 4.09. The van der Waals surface area contributed by atoms with Crippen LogP contribution < -0.4 is 4.90 Å². The van der Waals surface area contributed by atoms with Gasteiger partial charge in [-0.1, -0.05) is 24.9 Å². The molecule has 1 fully saturated rings. The lowest BCUT2D eigenvalue weighted by Gasteiger charge is -2.32. The third kappa shape index (κ3) is 2.75. The van der Waals surface area contributed by atoms with Crippen LogP contribution in [0.4, 0.5) is 5.82 Å². The Morgan fingerprint density at radius 2 is 2.22 bits per heavy atom. The van der Waals surface area contributed by atoms with Crippen LogP contribution in [-0.2, 0) is 0 Å². The predicted octanol–water partition coefficient (Wildman–Crippen LogP) is 3.06. The van der Waals surface area contributed by atoms with Crippen molar-refractivity contribution < 1.29 is 9.90 Å². The van der Waals surface area contributed by atoms with Crippen LogP contribution in [-0.4, -0.2) is 29.1 Å². The largest absolute Gasteiger partial charge is 0.478 e. The molecule has 0 aromatic carbocycles. The van der Waals surface area contributed by atoms with Crippen molar-refractivity contribution in [3.63, 3.8) is 0 Å². The zero-order chi connectivity index (χ0) is 13.1. The predicted molar refractivity (Wildman–Crippen MR) is 71.4 cm³/mol. The number of anilines is 1. The highest BCUT2D eigenvalue weighted by Crippen LogP contribution is 2.26. The van der Waals surface area contributed by atoms with Crippen LogP contribution in [0.1, 0.15) is 36.5 Å². The first-order chi connectivity index (χ1) is 8.61. The van der Waals surface area contributed by atoms with Crippen LogP contribution in [0.2, 0.25) is 5.02 Å². The molecule has 0 bridgehead atoms. The summed E-state index contributed by atoms with van der Waals surface area (Å²) in [6.07, 6.45) is 4.92. The number of aromatic carboxylic acids is 1. The molecule has 0 atom stereocenters. The average Bonchev–Trinajstić information content (AvgIpc) is 2.39. The maximum atomic E-state index is 11.0. The number of pyridine rings is 1. The van der Waals surface area contributed by atoms with E-state index in [4.69, 9.17) is 16.7 Å². The quantitative estimate of drug-likeness (QED) is 0.915. The summed E-state index contributed by atoms with van der Waals surface area (Å²) in [6, 6.07) is 1.57. The van der Waals surface area contributed by atoms with Gasteiger partial charge in [0.15, 0.2) is 0 Å². The molecule has 0 amide bonds. The number of hydrogen-bond acceptors (Lipinski definition) is 3. The van der Waals surface area contributed by atoms with Gasteiger partial charge in [-0.2, -0.15) is 0 Å². The first kappa shape index (κ1) is 13.1. The molecule has 0 unspecified atom stereocenters. The third-order valence-corrected chi connectivity index (χ3v) is 3.89. The fourth-order valence-electron chi connectivity index (χ4n) is 2.33. The van der Waals surface area contributed by atoms with Gasteiger partial charge in [-0.25, -0.2) is 9.78 Å². The minimum atomic E-state index is -1.01. The lowest BCUT2D eigenvalue weighted by Crippen LogP contribution is -2.34. The van der Waals surface area contributed by atoms with E-state index in [0.29, 0.717) is 5.82 Å². The molecule has 5 heteroatoms. The zero-order valence-corrected chi connectivity index (χ0v) is 11.2. The molecule has 1 saturated heterocycles. The van der Waals surface area contributed by atoms with E-state index in [-0.39, 0.29) is 10.6 Å². The minimum absolute atomic E-state index is 0.124. The van der Waals surface area contributed by atoms with E-state index in [2.05, 4.69) is 16.8 Å². The van der Waals surface area contributed by atoms with Gasteiger partial charge in [0.1, 0.15) is 5.82 Å². The molecular weight excluding hydrogens is 252 g/mol. The molecule has 0 radical (unpaired) electrons. The Labute approximate surface area is 112 Å². The normalized spacial score (nSPS) is 16.9. The van der Waals surface area contributed by atoms with Gasteiger partial charge in [-0.3, -0.25) is 0 Å². The molecular formula is C13H17ClN2O2. The van der Waals surface area contributed by atoms with Crippen molar-refractivity contribution in [2.24, 2.45) is 5.92 Å². The Balaban J connectivity index is 2.15. The molecule has 0 aliphatic carbocycles. The first-order valence-corrected chi connectivity index (χ1v) is 6.63. The van der Waals surface area contributed by atoms with Crippen LogP contribution in [0.15, 0.2) is 12.3 Å². The fraction of sp³-hybridized carbons (Fsp3) is 0.538. The summed E-state index contributed by atoms with van der Waals surface area (Å²) >= 11 is 5.81. The van der Waals surface area contributed by atoms with Gasteiger partial charge in [0.2, 0.25) is 0 Å². The summed E-state index contributed by atoms with van der Waals surface area (Å²) in [7, 11) is 0. The number of carboxylic acid groups (broad SMARTS) is 1. The van der Waals surface area contributed by atoms with Crippen molar-refractivity contribution in [2.45, 2.75) is 26.2 Å². The second-order valence-corrected chi connectivity index (χ2v) is 5.07. The van der Waals surface area contributed by atoms with Crippen molar-refractivity contribution in [2.75, 3.05) is 18.0 Å². The highest BCUT2D eigenvalue weighted by atomic mass is 35.5. The number of rotatable bonds is 3. The maximum absolute atomic E-state index is 11.0. The van der Waals surface area contributed by atoms with Crippen molar-refractivity contribution in [3.8, 4) is 0 Å². The van der Waals surface area contributed by atoms with E-state index in [1.807, 2.05) is 0 Å². The van der Waals surface area contributed by atoms with Gasteiger partial charge in [0.05, 0.1) is 10.6 Å². The van der Waals surface area contributed by atoms with E-state index in [1.165, 1.54) is 12.6 Å². The summed E-state index contributed by atoms with van der Waals surface area (Å²) in [5, 5.41) is 9.23. The van der Waals surface area contributed by atoms with Crippen molar-refractivity contribution in [1.29, 1.82) is 0 Å². The number of carboxylic acids is 1. The topological polar surface area (TPSA) is 53.4 Å². The molecule has 1 N–H and O–H groups in total. The number of halogens is 1. The molecule has 18 heavy (non-hydrogen) atoms. The maximum Gasteiger partial charge on any atom is 0.337 e. The fourth-order valence-corrected chi connectivity index (χ4v) is 2.52. The lowest BCUT2D eigenvalue weighted by atomic mass is 9.94. The first-order valence-electron chi connectivity index (χ1n) is 6.25. The highest BCUT2D eigenvalue weighted by molar-refractivity contribution is 6.33. The molecule has 1 aliphatic heterocycles. The number of hydrogen-bond donors (Lipinski definition) is 1. The number of piperidine rings is 1. The molecule has 0 spiro atoms. The van der Waals surface area contributed by atoms with E-state index < -0.39 is 5.97 Å². The summed E-state index contributed by atoms with van der Waals surface area (Å²) < 4.78 is 0. The lowest BCUT2D eigenvalue weighted by molar-refractivity contribution is 0.0697. The molecule has 1 aromatic rings. The van der Waals surface area contributed by atoms with Crippen LogP contribution in [0.25, 0.3) is 0 Å². The minimum Gasteiger partial charge on any atom is -0.478 e. The van der Waals surface area contributed by atoms with Crippen molar-refractivity contribution >= 4 is 23.4 Å². The van der Waals surface area contributed by atoms with Crippen LogP contribution >= 0.6 is 11.6 Å². The summed E-state index contributed by atoms with van der Waals surface area (Å²) in [5.74, 6) is 0.492. The second-order valence-electron chi connectivity index (χ2n) is 4.67. The second kappa shape index (κ2) is 5.57. The SMILES string of the molecule is CCC1CCN(c2cc(C(=O)O)c(Cl)cn2)CC1. The van der Waals surface area contributed by atoms with Crippen LogP contribution in [0, 0.1) is 5.92 Å². The van der Waals surface area contributed by atoms with E-state index >= 15 is 0 Å². The van der Waals surface area contributed by atoms with Crippen LogP contribution in [0.5, 0.6) is 0 Å². The molecule has 2 heterocycles. The average molecular weight is 269 g/mol. The zero-order valence-electron chi connectivity index (χ0n) is 10.4. The molecule has 0 saturated carbocycles. The Bertz CT molecular complexity index is 443. The Morgan fingerprint density at radius 1 is 1.56 bits per heavy atom. The van der Waals surface area contributed by atoms with Gasteiger partial charge in [-0.15, -0.1) is 0 Å². The van der Waals surface area contributed by atoms with E-state index in [1.54, 1.807) is 6.07 Å². The highest BCUT2D eigenvalue weighted by Gasteiger charge is 2.20. The smallest absolute Gasteiger partial charge is 0.337 e. The van der Waals surface area contributed by atoms with Gasteiger partial charge in [-0.05, 0) is 24.8 Å².